The zero-order valence-corrected chi connectivity index (χ0v) is 35.6. The molecule has 1 heterocycles. The van der Waals surface area contributed by atoms with Gasteiger partial charge in [-0.1, -0.05) is 51.6 Å². The lowest BCUT2D eigenvalue weighted by molar-refractivity contribution is -0.117. The summed E-state index contributed by atoms with van der Waals surface area (Å²) in [6.07, 6.45) is 5.68. The summed E-state index contributed by atoms with van der Waals surface area (Å²) in [5.41, 5.74) is 29.0. The molecule has 0 aliphatic rings. The Labute approximate surface area is 350 Å². The van der Waals surface area contributed by atoms with Crippen LogP contribution in [-0.2, 0) is 9.59 Å². The molecule has 0 saturated heterocycles. The van der Waals surface area contributed by atoms with Gasteiger partial charge in [-0.25, -0.2) is 9.97 Å². The Balaban J connectivity index is 1.90. The van der Waals surface area contributed by atoms with E-state index in [9.17, 15) is 19.2 Å². The van der Waals surface area contributed by atoms with Crippen LogP contribution >= 0.6 is 55.4 Å². The average Bonchev–Trinajstić information content (AvgIpc) is 3.13. The lowest BCUT2D eigenvalue weighted by Crippen LogP contribution is -2.23. The number of carbonyl (C=O) groups is 4. The number of benzene rings is 2. The molecule has 4 amide bonds. The molecule has 3 aromatic rings. The van der Waals surface area contributed by atoms with Gasteiger partial charge < -0.3 is 49.9 Å². The summed E-state index contributed by atoms with van der Waals surface area (Å²) in [6.45, 7) is 3.11. The molecule has 56 heavy (non-hydrogen) atoms. The van der Waals surface area contributed by atoms with E-state index in [0.717, 1.165) is 25.6 Å². The average molecular weight is 938 g/mol. The molecular formula is C35H47Br2N13O4S2. The monoisotopic (exact) mass is 935 g/mol. The van der Waals surface area contributed by atoms with E-state index in [1.807, 2.05) is 0 Å². The number of nitrogens with zero attached hydrogens (tertiary/aromatic N) is 4. The van der Waals surface area contributed by atoms with Gasteiger partial charge in [0.15, 0.2) is 11.9 Å². The summed E-state index contributed by atoms with van der Waals surface area (Å²) in [4.78, 5) is 70.4. The van der Waals surface area contributed by atoms with Crippen molar-refractivity contribution in [2.75, 3.05) is 52.4 Å². The highest BCUT2D eigenvalue weighted by atomic mass is 79.9. The fourth-order valence-electron chi connectivity index (χ4n) is 4.88. The Morgan fingerprint density at radius 1 is 0.643 bits per heavy atom. The van der Waals surface area contributed by atoms with Gasteiger partial charge in [-0.05, 0) is 50.1 Å². The van der Waals surface area contributed by atoms with Crippen molar-refractivity contribution in [3.05, 3.63) is 57.0 Å². The van der Waals surface area contributed by atoms with Gasteiger partial charge in [0, 0.05) is 39.4 Å². The van der Waals surface area contributed by atoms with E-state index in [-0.39, 0.29) is 48.1 Å². The highest BCUT2D eigenvalue weighted by Gasteiger charge is 2.21. The number of anilines is 4. The van der Waals surface area contributed by atoms with Gasteiger partial charge in [0.1, 0.15) is 17.7 Å². The summed E-state index contributed by atoms with van der Waals surface area (Å²) in [7, 11) is 0. The maximum absolute atomic E-state index is 13.7. The highest BCUT2D eigenvalue weighted by molar-refractivity contribution is 9.10. The number of rotatable bonds is 22. The van der Waals surface area contributed by atoms with Gasteiger partial charge in [-0.3, -0.25) is 29.2 Å². The predicted molar refractivity (Wildman–Crippen MR) is 233 cm³/mol. The summed E-state index contributed by atoms with van der Waals surface area (Å²) < 4.78 is 1.18. The number of thioether (sulfide) groups is 2. The lowest BCUT2D eigenvalue weighted by Gasteiger charge is -2.17. The number of amides is 4. The van der Waals surface area contributed by atoms with Crippen LogP contribution in [0.1, 0.15) is 72.8 Å². The molecule has 0 fully saturated rings. The molecule has 14 N–H and O–H groups in total. The van der Waals surface area contributed by atoms with Crippen LogP contribution < -0.4 is 49.9 Å². The first-order valence-electron chi connectivity index (χ1n) is 17.6. The van der Waals surface area contributed by atoms with E-state index in [1.54, 1.807) is 24.3 Å². The van der Waals surface area contributed by atoms with Gasteiger partial charge in [0.25, 0.3) is 11.8 Å². The van der Waals surface area contributed by atoms with Gasteiger partial charge in [-0.2, -0.15) is 0 Å². The molecule has 0 bridgehead atoms. The number of nitrogens with two attached hydrogens (primary N) is 5. The number of carbonyl (C=O) groups excluding carboxylic acids is 4. The number of guanidine groups is 2. The van der Waals surface area contributed by atoms with E-state index in [2.05, 4.69) is 80.0 Å². The number of hydrogen-bond acceptors (Lipinski definition) is 11. The predicted octanol–water partition coefficient (Wildman–Crippen LogP) is 4.82. The third kappa shape index (κ3) is 16.0. The Morgan fingerprint density at radius 3 is 1.45 bits per heavy atom. The van der Waals surface area contributed by atoms with Crippen molar-refractivity contribution < 1.29 is 19.2 Å². The summed E-state index contributed by atoms with van der Waals surface area (Å²) in [5.74, 6) is -0.913. The smallest absolute Gasteiger partial charge is 0.274 e. The van der Waals surface area contributed by atoms with E-state index in [4.69, 9.17) is 28.7 Å². The number of hydrogen-bond donors (Lipinski definition) is 9. The molecule has 0 unspecified atom stereocenters. The molecule has 3 rings (SSSR count). The fourth-order valence-corrected chi connectivity index (χ4v) is 7.63. The summed E-state index contributed by atoms with van der Waals surface area (Å²) in [5, 5.41) is 11.6. The second-order valence-electron chi connectivity index (χ2n) is 12.0. The zero-order chi connectivity index (χ0) is 41.0. The second-order valence-corrected chi connectivity index (χ2v) is 16.0. The van der Waals surface area contributed by atoms with Crippen molar-refractivity contribution >= 4 is 114 Å². The maximum atomic E-state index is 13.7. The van der Waals surface area contributed by atoms with Crippen molar-refractivity contribution in [3.63, 3.8) is 0 Å². The number of nitrogens with one attached hydrogen (secondary N) is 4. The van der Waals surface area contributed by atoms with Crippen LogP contribution in [0.2, 0.25) is 0 Å². The van der Waals surface area contributed by atoms with Gasteiger partial charge in [-0.15, -0.1) is 23.5 Å². The molecule has 1 aromatic heterocycles. The van der Waals surface area contributed by atoms with E-state index >= 15 is 0 Å². The molecule has 2 aromatic carbocycles. The first-order valence-corrected chi connectivity index (χ1v) is 21.1. The third-order valence-corrected chi connectivity index (χ3v) is 10.6. The summed E-state index contributed by atoms with van der Waals surface area (Å²) in [6, 6.07) is 8.10. The second kappa shape index (κ2) is 24.3. The SMILES string of the molecule is CCCCCC(=O)Nc1cc(Br)cc(NC(=O)c2cc(C(=O)Nc3cc(Br)cc(NC(=O)CCCCN)c3SCCN=C(N)N)ncn2)c1SCCN=C(N)N. The minimum absolute atomic E-state index is 0.0537. The molecule has 0 saturated carbocycles. The van der Waals surface area contributed by atoms with Crippen LogP contribution in [0.3, 0.4) is 0 Å². The maximum Gasteiger partial charge on any atom is 0.274 e. The molecule has 21 heteroatoms. The first kappa shape index (κ1) is 45.9. The normalized spacial score (nSPS) is 10.6. The van der Waals surface area contributed by atoms with Crippen LogP contribution in [0.5, 0.6) is 0 Å². The molecule has 0 radical (unpaired) electrons. The minimum Gasteiger partial charge on any atom is -0.370 e. The molecule has 0 aliphatic heterocycles. The molecule has 0 atom stereocenters. The largest absolute Gasteiger partial charge is 0.370 e. The van der Waals surface area contributed by atoms with Crippen molar-refractivity contribution in [1.29, 1.82) is 0 Å². The quantitative estimate of drug-likeness (QED) is 0.0283. The van der Waals surface area contributed by atoms with Crippen LogP contribution in [-0.4, -0.2) is 76.7 Å². The molecular weight excluding hydrogens is 890 g/mol. The zero-order valence-electron chi connectivity index (χ0n) is 30.8. The molecule has 0 spiro atoms. The van der Waals surface area contributed by atoms with Crippen molar-refractivity contribution in [2.24, 2.45) is 38.7 Å². The number of aromatic nitrogens is 2. The Bertz CT molecular complexity index is 1780. The topological polar surface area (TPSA) is 297 Å². The lowest BCUT2D eigenvalue weighted by atomic mass is 10.2. The van der Waals surface area contributed by atoms with Crippen LogP contribution in [0.15, 0.2) is 65.4 Å². The first-order chi connectivity index (χ1) is 26.8. The number of unbranched alkanes of at least 4 members (excludes halogenated alkanes) is 3. The van der Waals surface area contributed by atoms with Gasteiger partial charge in [0.05, 0.1) is 45.6 Å². The molecule has 17 nitrogen and oxygen atoms in total. The number of halogens is 2. The number of aliphatic imine (C=N–C) groups is 2. The fraction of sp³-hybridized carbons (Fsp3) is 0.371. The van der Waals surface area contributed by atoms with Gasteiger partial charge >= 0.3 is 0 Å². The molecule has 302 valence electrons. The van der Waals surface area contributed by atoms with Crippen LogP contribution in [0.25, 0.3) is 0 Å². The third-order valence-electron chi connectivity index (χ3n) is 7.41. The van der Waals surface area contributed by atoms with Crippen molar-refractivity contribution in [2.45, 2.75) is 61.7 Å². The Kier molecular flexibility index (Phi) is 19.9. The standard InChI is InChI=1S/C35H47Br2N13O4S2/c1-2-3-4-7-28(51)47-22-14-20(36)16-24(30(22)55-12-10-43-34(39)40)49-32(53)26-18-27(46-19-45-26)33(54)50-25-17-21(37)15-23(48-29(52)8-5-6-9-38)31(25)56-13-11-44-35(41)42/h14-19H,2-13,38H2,1H3,(H,47,51)(H,48,52)(H,49,53)(H,50,54)(H4,39,40,43)(H4,41,42,44). The van der Waals surface area contributed by atoms with Gasteiger partial charge in [0.2, 0.25) is 11.8 Å². The van der Waals surface area contributed by atoms with Crippen molar-refractivity contribution in [3.8, 4) is 0 Å². The summed E-state index contributed by atoms with van der Waals surface area (Å²) >= 11 is 9.62. The minimum atomic E-state index is -0.641. The van der Waals surface area contributed by atoms with Crippen LogP contribution in [0, 0.1) is 0 Å². The molecule has 0 aliphatic carbocycles. The Hall–Kier alpha value is -4.44. The van der Waals surface area contributed by atoms with Crippen LogP contribution in [0.4, 0.5) is 22.7 Å². The Morgan fingerprint density at radius 2 is 1.05 bits per heavy atom. The highest BCUT2D eigenvalue weighted by Crippen LogP contribution is 2.39. The van der Waals surface area contributed by atoms with E-state index in [1.165, 1.54) is 29.6 Å². The van der Waals surface area contributed by atoms with E-state index < -0.39 is 11.8 Å². The van der Waals surface area contributed by atoms with E-state index in [0.29, 0.717) is 85.3 Å². The van der Waals surface area contributed by atoms with Crippen molar-refractivity contribution in [1.82, 2.24) is 9.97 Å².